The van der Waals surface area contributed by atoms with E-state index in [0.29, 0.717) is 39.0 Å². The van der Waals surface area contributed by atoms with Gasteiger partial charge in [-0.05, 0) is 54.1 Å². The Morgan fingerprint density at radius 2 is 1.09 bits per heavy atom. The molecule has 0 bridgehead atoms. The Hall–Kier alpha value is -3.36. The van der Waals surface area contributed by atoms with E-state index < -0.39 is 0 Å². The van der Waals surface area contributed by atoms with Crippen molar-refractivity contribution in [2.75, 3.05) is 32.8 Å². The van der Waals surface area contributed by atoms with Crippen LogP contribution < -0.4 is 5.32 Å². The predicted molar refractivity (Wildman–Crippen MR) is 182 cm³/mol. The summed E-state index contributed by atoms with van der Waals surface area (Å²) in [4.78, 5) is 2.58. The van der Waals surface area contributed by atoms with Gasteiger partial charge in [-0.1, -0.05) is 121 Å². The molecule has 4 aromatic rings. The Morgan fingerprint density at radius 3 is 1.61 bits per heavy atom. The van der Waals surface area contributed by atoms with Crippen LogP contribution in [0.25, 0.3) is 0 Å². The first-order valence-corrected chi connectivity index (χ1v) is 16.8. The maximum Gasteiger partial charge on any atom is 0.113 e. The molecule has 0 saturated carbocycles. The summed E-state index contributed by atoms with van der Waals surface area (Å²) in [5.74, 6) is 0.566. The monoisotopic (exact) mass is 620 g/mol. The Kier molecular flexibility index (Phi) is 12.4. The number of likely N-dealkylation sites (tertiary alicyclic amines) is 1. The van der Waals surface area contributed by atoms with Gasteiger partial charge < -0.3 is 24.3 Å². The molecular weight excluding hydrogens is 572 g/mol. The standard InChI is InChI=1S/C40H48N2O4/c1-5-14-32(15-6-1)27-43-31-37-39(45-29-34-18-9-3-10-19-34)40(46-30-35-20-11-4-12-21-35)38(44-28-33-16-7-2-8-17-33)26-42(37)25-36-22-13-23-41-24-36/h1-12,14-21,36-41H,13,22-31H2/t36-,37-,38-,39+,40+/m0/s1. The summed E-state index contributed by atoms with van der Waals surface area (Å²) < 4.78 is 27.1. The van der Waals surface area contributed by atoms with Crippen LogP contribution >= 0.6 is 0 Å². The van der Waals surface area contributed by atoms with Crippen LogP contribution in [0.1, 0.15) is 35.1 Å². The van der Waals surface area contributed by atoms with E-state index in [4.69, 9.17) is 18.9 Å². The van der Waals surface area contributed by atoms with Gasteiger partial charge in [0, 0.05) is 13.1 Å². The molecule has 2 heterocycles. The van der Waals surface area contributed by atoms with Gasteiger partial charge in [0.15, 0.2) is 0 Å². The molecule has 0 radical (unpaired) electrons. The highest BCUT2D eigenvalue weighted by molar-refractivity contribution is 5.16. The molecule has 2 aliphatic rings. The number of hydrogen-bond donors (Lipinski definition) is 1. The number of nitrogens with zero attached hydrogens (tertiary/aromatic N) is 1. The van der Waals surface area contributed by atoms with Gasteiger partial charge >= 0.3 is 0 Å². The van der Waals surface area contributed by atoms with Crippen molar-refractivity contribution < 1.29 is 18.9 Å². The second kappa shape index (κ2) is 17.5. The Balaban J connectivity index is 1.29. The maximum absolute atomic E-state index is 6.94. The van der Waals surface area contributed by atoms with Gasteiger partial charge in [0.1, 0.15) is 12.2 Å². The summed E-state index contributed by atoms with van der Waals surface area (Å²) in [6.45, 7) is 6.48. The fourth-order valence-electron chi connectivity index (χ4n) is 6.67. The Morgan fingerprint density at radius 1 is 0.587 bits per heavy atom. The normalized spacial score (nSPS) is 23.7. The molecule has 46 heavy (non-hydrogen) atoms. The number of hydrogen-bond acceptors (Lipinski definition) is 6. The van der Waals surface area contributed by atoms with E-state index in [1.54, 1.807) is 0 Å². The van der Waals surface area contributed by atoms with E-state index in [-0.39, 0.29) is 24.4 Å². The molecular formula is C40H48N2O4. The minimum atomic E-state index is -0.279. The van der Waals surface area contributed by atoms with Crippen molar-refractivity contribution >= 4 is 0 Å². The number of rotatable bonds is 15. The zero-order chi connectivity index (χ0) is 31.2. The molecule has 6 heteroatoms. The van der Waals surface area contributed by atoms with Gasteiger partial charge in [-0.2, -0.15) is 0 Å². The third-order valence-electron chi connectivity index (χ3n) is 9.12. The van der Waals surface area contributed by atoms with Crippen LogP contribution in [-0.2, 0) is 45.4 Å². The van der Waals surface area contributed by atoms with Gasteiger partial charge in [0.2, 0.25) is 0 Å². The zero-order valence-corrected chi connectivity index (χ0v) is 26.8. The highest BCUT2D eigenvalue weighted by Gasteiger charge is 2.46. The van der Waals surface area contributed by atoms with E-state index in [1.165, 1.54) is 18.4 Å². The van der Waals surface area contributed by atoms with Crippen LogP contribution in [0.4, 0.5) is 0 Å². The third kappa shape index (κ3) is 9.58. The fraction of sp³-hybridized carbons (Fsp3) is 0.400. The van der Waals surface area contributed by atoms with Gasteiger partial charge in [0.05, 0.1) is 45.2 Å². The van der Waals surface area contributed by atoms with E-state index in [2.05, 4.69) is 107 Å². The third-order valence-corrected chi connectivity index (χ3v) is 9.12. The van der Waals surface area contributed by atoms with Crippen LogP contribution in [-0.4, -0.2) is 62.0 Å². The lowest BCUT2D eigenvalue weighted by Crippen LogP contribution is -2.65. The summed E-state index contributed by atoms with van der Waals surface area (Å²) in [5, 5.41) is 3.62. The SMILES string of the molecule is c1ccc(COC[C@H]2[C@@H](OCc3ccccc3)[C@H](OCc3ccccc3)[C@@H](OCc3ccccc3)CN2C[C@H]2CCCNC2)cc1. The topological polar surface area (TPSA) is 52.2 Å². The van der Waals surface area contributed by atoms with Crippen molar-refractivity contribution in [3.05, 3.63) is 144 Å². The molecule has 2 fully saturated rings. The van der Waals surface area contributed by atoms with Crippen molar-refractivity contribution in [1.29, 1.82) is 0 Å². The van der Waals surface area contributed by atoms with Crippen LogP contribution in [0.5, 0.6) is 0 Å². The summed E-state index contributed by atoms with van der Waals surface area (Å²) in [6.07, 6.45) is 1.72. The molecule has 4 aromatic carbocycles. The summed E-state index contributed by atoms with van der Waals surface area (Å²) >= 11 is 0. The number of ether oxygens (including phenoxy) is 4. The van der Waals surface area contributed by atoms with Crippen molar-refractivity contribution in [3.63, 3.8) is 0 Å². The lowest BCUT2D eigenvalue weighted by Gasteiger charge is -2.49. The second-order valence-corrected chi connectivity index (χ2v) is 12.6. The first-order valence-electron chi connectivity index (χ1n) is 16.8. The largest absolute Gasteiger partial charge is 0.375 e. The molecule has 2 aliphatic heterocycles. The maximum atomic E-state index is 6.94. The first-order chi connectivity index (χ1) is 22.8. The molecule has 2 saturated heterocycles. The Labute approximate surface area is 274 Å². The van der Waals surface area contributed by atoms with E-state index in [9.17, 15) is 0 Å². The molecule has 1 N–H and O–H groups in total. The van der Waals surface area contributed by atoms with E-state index >= 15 is 0 Å². The van der Waals surface area contributed by atoms with Crippen molar-refractivity contribution in [2.45, 2.75) is 63.6 Å². The smallest absolute Gasteiger partial charge is 0.113 e. The molecule has 5 atom stereocenters. The Bertz CT molecular complexity index is 1390. The minimum absolute atomic E-state index is 0.00620. The highest BCUT2D eigenvalue weighted by atomic mass is 16.6. The number of nitrogens with one attached hydrogen (secondary N) is 1. The van der Waals surface area contributed by atoms with Crippen molar-refractivity contribution in [2.24, 2.45) is 5.92 Å². The quantitative estimate of drug-likeness (QED) is 0.161. The zero-order valence-electron chi connectivity index (χ0n) is 26.8. The predicted octanol–water partition coefficient (Wildman–Crippen LogP) is 6.64. The van der Waals surface area contributed by atoms with Crippen molar-refractivity contribution in [3.8, 4) is 0 Å². The van der Waals surface area contributed by atoms with Gasteiger partial charge in [0.25, 0.3) is 0 Å². The molecule has 0 amide bonds. The second-order valence-electron chi connectivity index (χ2n) is 12.6. The average molecular weight is 621 g/mol. The van der Waals surface area contributed by atoms with Crippen LogP contribution in [0, 0.1) is 5.92 Å². The molecule has 0 unspecified atom stereocenters. The van der Waals surface area contributed by atoms with E-state index in [0.717, 1.165) is 42.9 Å². The van der Waals surface area contributed by atoms with Gasteiger partial charge in [-0.3, -0.25) is 4.90 Å². The van der Waals surface area contributed by atoms with Gasteiger partial charge in [-0.15, -0.1) is 0 Å². The fourth-order valence-corrected chi connectivity index (χ4v) is 6.67. The molecule has 242 valence electrons. The molecule has 6 rings (SSSR count). The molecule has 0 aromatic heterocycles. The number of benzene rings is 4. The summed E-state index contributed by atoms with van der Waals surface area (Å²) in [7, 11) is 0. The highest BCUT2D eigenvalue weighted by Crippen LogP contribution is 2.30. The van der Waals surface area contributed by atoms with Crippen LogP contribution in [0.2, 0.25) is 0 Å². The molecule has 0 spiro atoms. The number of piperidine rings is 2. The van der Waals surface area contributed by atoms with Crippen LogP contribution in [0.15, 0.2) is 121 Å². The summed E-state index contributed by atoms with van der Waals surface area (Å²) in [6, 6.07) is 41.7. The molecule has 0 aliphatic carbocycles. The lowest BCUT2D eigenvalue weighted by atomic mass is 9.90. The molecule has 6 nitrogen and oxygen atoms in total. The van der Waals surface area contributed by atoms with E-state index in [1.807, 2.05) is 24.3 Å². The van der Waals surface area contributed by atoms with Crippen molar-refractivity contribution in [1.82, 2.24) is 10.2 Å². The first kappa shape index (κ1) is 32.6. The van der Waals surface area contributed by atoms with Crippen LogP contribution in [0.3, 0.4) is 0 Å². The lowest BCUT2D eigenvalue weighted by molar-refractivity contribution is -0.212. The average Bonchev–Trinajstić information content (AvgIpc) is 3.12. The minimum Gasteiger partial charge on any atom is -0.375 e. The summed E-state index contributed by atoms with van der Waals surface area (Å²) in [5.41, 5.74) is 4.61. The van der Waals surface area contributed by atoms with Gasteiger partial charge in [-0.25, -0.2) is 0 Å².